The maximum atomic E-state index is 13.2. The van der Waals surface area contributed by atoms with Gasteiger partial charge in [0.25, 0.3) is 0 Å². The Morgan fingerprint density at radius 3 is 2.17 bits per heavy atom. The number of esters is 1. The third-order valence-corrected chi connectivity index (χ3v) is 2.21. The van der Waals surface area contributed by atoms with Crippen LogP contribution >= 0.6 is 0 Å². The van der Waals surface area contributed by atoms with Gasteiger partial charge in [-0.25, -0.2) is 13.6 Å². The van der Waals surface area contributed by atoms with Gasteiger partial charge >= 0.3 is 5.97 Å². The van der Waals surface area contributed by atoms with Crippen LogP contribution in [-0.4, -0.2) is 5.97 Å². The topological polar surface area (TPSA) is 26.3 Å². The zero-order chi connectivity index (χ0) is 13.1. The van der Waals surface area contributed by atoms with Gasteiger partial charge < -0.3 is 4.74 Å². The summed E-state index contributed by atoms with van der Waals surface area (Å²) in [4.78, 5) is 11.6. The van der Waals surface area contributed by atoms with E-state index in [2.05, 4.69) is 4.74 Å². The average molecular weight is 252 g/mol. The van der Waals surface area contributed by atoms with Crippen molar-refractivity contribution in [3.63, 3.8) is 0 Å². The van der Waals surface area contributed by atoms with E-state index >= 15 is 0 Å². The van der Waals surface area contributed by atoms with Crippen LogP contribution in [0.4, 0.5) is 13.2 Å². The van der Waals surface area contributed by atoms with Gasteiger partial charge in [0, 0.05) is 0 Å². The number of carbonyl (C=O) groups is 1. The van der Waals surface area contributed by atoms with Crippen molar-refractivity contribution in [2.24, 2.45) is 0 Å². The monoisotopic (exact) mass is 252 g/mol. The molecule has 2 aromatic rings. The standard InChI is InChI=1S/C13H7F3O2/c14-9-6-7-10(15)12(11(9)16)18-13(17)8-4-2-1-3-5-8/h1-7H. The molecule has 0 amide bonds. The summed E-state index contributed by atoms with van der Waals surface area (Å²) < 4.78 is 43.9. The molecule has 0 spiro atoms. The molecule has 0 N–H and O–H groups in total. The van der Waals surface area contributed by atoms with Crippen molar-refractivity contribution in [1.29, 1.82) is 0 Å². The molecule has 0 aliphatic carbocycles. The van der Waals surface area contributed by atoms with Crippen molar-refractivity contribution < 1.29 is 22.7 Å². The lowest BCUT2D eigenvalue weighted by atomic mass is 10.2. The second kappa shape index (κ2) is 4.91. The Kier molecular flexibility index (Phi) is 3.32. The maximum Gasteiger partial charge on any atom is 0.343 e. The van der Waals surface area contributed by atoms with Crippen molar-refractivity contribution >= 4 is 5.97 Å². The van der Waals surface area contributed by atoms with Gasteiger partial charge in [0.15, 0.2) is 11.6 Å². The van der Waals surface area contributed by atoms with Crippen LogP contribution in [0.2, 0.25) is 0 Å². The van der Waals surface area contributed by atoms with Crippen LogP contribution in [0.25, 0.3) is 0 Å². The molecule has 18 heavy (non-hydrogen) atoms. The summed E-state index contributed by atoms with van der Waals surface area (Å²) in [6.45, 7) is 0. The van der Waals surface area contributed by atoms with Gasteiger partial charge in [-0.2, -0.15) is 4.39 Å². The second-order valence-corrected chi connectivity index (χ2v) is 3.43. The molecule has 5 heteroatoms. The van der Waals surface area contributed by atoms with E-state index in [1.54, 1.807) is 18.2 Å². The Labute approximate surface area is 101 Å². The molecular weight excluding hydrogens is 245 g/mol. The summed E-state index contributed by atoms with van der Waals surface area (Å²) in [5, 5.41) is 0. The van der Waals surface area contributed by atoms with Crippen molar-refractivity contribution in [3.8, 4) is 5.75 Å². The number of carbonyl (C=O) groups excluding carboxylic acids is 1. The summed E-state index contributed by atoms with van der Waals surface area (Å²) in [6.07, 6.45) is 0. The van der Waals surface area contributed by atoms with E-state index in [4.69, 9.17) is 0 Å². The lowest BCUT2D eigenvalue weighted by molar-refractivity contribution is 0.0719. The van der Waals surface area contributed by atoms with E-state index in [1.165, 1.54) is 12.1 Å². The molecule has 2 rings (SSSR count). The molecule has 0 aliphatic rings. The predicted molar refractivity (Wildman–Crippen MR) is 57.7 cm³/mol. The molecule has 0 saturated carbocycles. The van der Waals surface area contributed by atoms with E-state index < -0.39 is 29.2 Å². The zero-order valence-corrected chi connectivity index (χ0v) is 8.99. The number of rotatable bonds is 2. The number of benzene rings is 2. The normalized spacial score (nSPS) is 10.2. The molecule has 0 unspecified atom stereocenters. The zero-order valence-electron chi connectivity index (χ0n) is 8.99. The molecule has 0 aromatic heterocycles. The lowest BCUT2D eigenvalue weighted by Gasteiger charge is -2.06. The molecular formula is C13H7F3O2. The van der Waals surface area contributed by atoms with E-state index in [9.17, 15) is 18.0 Å². The van der Waals surface area contributed by atoms with Gasteiger partial charge in [0.05, 0.1) is 5.56 Å². The fraction of sp³-hybridized carbons (Fsp3) is 0. The highest BCUT2D eigenvalue weighted by molar-refractivity contribution is 5.91. The summed E-state index contributed by atoms with van der Waals surface area (Å²) in [5.74, 6) is -5.95. The van der Waals surface area contributed by atoms with Crippen LogP contribution < -0.4 is 4.74 Å². The molecule has 0 heterocycles. The summed E-state index contributed by atoms with van der Waals surface area (Å²) >= 11 is 0. The SMILES string of the molecule is O=C(Oc1c(F)ccc(F)c1F)c1ccccc1. The molecule has 0 fully saturated rings. The Hall–Kier alpha value is -2.30. The maximum absolute atomic E-state index is 13.2. The molecule has 0 saturated heterocycles. The van der Waals surface area contributed by atoms with Crippen LogP contribution in [0, 0.1) is 17.5 Å². The van der Waals surface area contributed by atoms with Crippen molar-refractivity contribution in [3.05, 3.63) is 65.5 Å². The fourth-order valence-electron chi connectivity index (χ4n) is 1.33. The number of hydrogen-bond donors (Lipinski definition) is 0. The smallest absolute Gasteiger partial charge is 0.343 e. The summed E-state index contributed by atoms with van der Waals surface area (Å²) in [5.41, 5.74) is 0.112. The van der Waals surface area contributed by atoms with Crippen molar-refractivity contribution in [1.82, 2.24) is 0 Å². The van der Waals surface area contributed by atoms with E-state index in [0.29, 0.717) is 12.1 Å². The molecule has 92 valence electrons. The highest BCUT2D eigenvalue weighted by atomic mass is 19.2. The third-order valence-electron chi connectivity index (χ3n) is 2.21. The minimum absolute atomic E-state index is 0.112. The van der Waals surface area contributed by atoms with E-state index in [-0.39, 0.29) is 5.56 Å². The minimum atomic E-state index is -1.53. The van der Waals surface area contributed by atoms with Crippen LogP contribution in [0.3, 0.4) is 0 Å². The van der Waals surface area contributed by atoms with Crippen LogP contribution in [0.15, 0.2) is 42.5 Å². The van der Waals surface area contributed by atoms with Gasteiger partial charge in [-0.3, -0.25) is 0 Å². The third kappa shape index (κ3) is 2.34. The van der Waals surface area contributed by atoms with E-state index in [0.717, 1.165) is 0 Å². The highest BCUT2D eigenvalue weighted by Gasteiger charge is 2.19. The molecule has 0 bridgehead atoms. The van der Waals surface area contributed by atoms with Crippen LogP contribution in [-0.2, 0) is 0 Å². The quantitative estimate of drug-likeness (QED) is 0.465. The van der Waals surface area contributed by atoms with E-state index in [1.807, 2.05) is 0 Å². The van der Waals surface area contributed by atoms with Crippen LogP contribution in [0.1, 0.15) is 10.4 Å². The first kappa shape index (κ1) is 12.2. The highest BCUT2D eigenvalue weighted by Crippen LogP contribution is 2.24. The largest absolute Gasteiger partial charge is 0.416 e. The summed E-state index contributed by atoms with van der Waals surface area (Å²) in [6, 6.07) is 8.93. The Morgan fingerprint density at radius 1 is 0.889 bits per heavy atom. The lowest BCUT2D eigenvalue weighted by Crippen LogP contribution is -2.11. The average Bonchev–Trinajstić information content (AvgIpc) is 2.40. The second-order valence-electron chi connectivity index (χ2n) is 3.43. The van der Waals surface area contributed by atoms with Gasteiger partial charge in [0.1, 0.15) is 0 Å². The number of ether oxygens (including phenoxy) is 1. The van der Waals surface area contributed by atoms with Gasteiger partial charge in [-0.1, -0.05) is 18.2 Å². The Bertz CT molecular complexity index is 582. The number of halogens is 3. The predicted octanol–water partition coefficient (Wildman–Crippen LogP) is 3.32. The Balaban J connectivity index is 2.30. The van der Waals surface area contributed by atoms with Gasteiger partial charge in [-0.05, 0) is 24.3 Å². The van der Waals surface area contributed by atoms with Crippen molar-refractivity contribution in [2.75, 3.05) is 0 Å². The molecule has 0 radical (unpaired) electrons. The molecule has 0 atom stereocenters. The minimum Gasteiger partial charge on any atom is -0.416 e. The van der Waals surface area contributed by atoms with Crippen LogP contribution in [0.5, 0.6) is 5.75 Å². The Morgan fingerprint density at radius 2 is 1.50 bits per heavy atom. The van der Waals surface area contributed by atoms with Gasteiger partial charge in [0.2, 0.25) is 11.6 Å². The molecule has 2 aromatic carbocycles. The number of hydrogen-bond acceptors (Lipinski definition) is 2. The first-order chi connectivity index (χ1) is 8.59. The fourth-order valence-corrected chi connectivity index (χ4v) is 1.33. The first-order valence-corrected chi connectivity index (χ1v) is 5.00. The molecule has 0 aliphatic heterocycles. The first-order valence-electron chi connectivity index (χ1n) is 5.00. The van der Waals surface area contributed by atoms with Crippen molar-refractivity contribution in [2.45, 2.75) is 0 Å². The van der Waals surface area contributed by atoms with Gasteiger partial charge in [-0.15, -0.1) is 0 Å². The molecule has 2 nitrogen and oxygen atoms in total. The summed E-state index contributed by atoms with van der Waals surface area (Å²) in [7, 11) is 0.